The predicted molar refractivity (Wildman–Crippen MR) is 79.8 cm³/mol. The van der Waals surface area contributed by atoms with Crippen LogP contribution < -0.4 is 5.73 Å². The van der Waals surface area contributed by atoms with Crippen LogP contribution in [0.15, 0.2) is 39.7 Å². The molecule has 0 amide bonds. The summed E-state index contributed by atoms with van der Waals surface area (Å²) in [5, 5.41) is 0. The number of nitrogen functional groups attached to an aromatic ring is 1. The molecule has 0 heterocycles. The maximum absolute atomic E-state index is 13.9. The molecule has 2 aromatic rings. The Morgan fingerprint density at radius 3 is 2.65 bits per heavy atom. The van der Waals surface area contributed by atoms with E-state index in [-0.39, 0.29) is 15.8 Å². The molecule has 2 aromatic carbocycles. The number of rotatable bonds is 3. The monoisotopic (exact) mass is 359 g/mol. The van der Waals surface area contributed by atoms with Crippen molar-refractivity contribution in [2.45, 2.75) is 17.6 Å². The molecular weight excluding hydrogens is 348 g/mol. The molecule has 0 saturated carbocycles. The van der Waals surface area contributed by atoms with Gasteiger partial charge in [-0.25, -0.2) is 8.78 Å². The van der Waals surface area contributed by atoms with E-state index in [1.54, 1.807) is 18.2 Å². The Balaban J connectivity index is 2.38. The number of anilines is 1. The first-order valence-corrected chi connectivity index (χ1v) is 7.88. The molecule has 0 aliphatic heterocycles. The van der Waals surface area contributed by atoms with E-state index in [1.807, 2.05) is 6.92 Å². The summed E-state index contributed by atoms with van der Waals surface area (Å²) >= 11 is 2.99. The molecule has 0 fully saturated rings. The maximum atomic E-state index is 13.9. The van der Waals surface area contributed by atoms with Crippen molar-refractivity contribution in [1.29, 1.82) is 0 Å². The molecular formula is C14H12BrF2NOS. The van der Waals surface area contributed by atoms with Crippen LogP contribution in [0, 0.1) is 18.6 Å². The molecule has 0 aliphatic rings. The molecule has 6 heteroatoms. The van der Waals surface area contributed by atoms with Crippen LogP contribution in [0.3, 0.4) is 0 Å². The zero-order chi connectivity index (χ0) is 14.9. The number of aryl methyl sites for hydroxylation is 1. The SMILES string of the molecule is Cc1ccc(N)c(S(=O)Cc2c(F)ccc(Br)c2F)c1. The first-order valence-electron chi connectivity index (χ1n) is 5.77. The van der Waals surface area contributed by atoms with Gasteiger partial charge in [0.2, 0.25) is 0 Å². The van der Waals surface area contributed by atoms with Crippen LogP contribution in [0.2, 0.25) is 0 Å². The highest BCUT2D eigenvalue weighted by Crippen LogP contribution is 2.26. The molecule has 2 rings (SSSR count). The third-order valence-electron chi connectivity index (χ3n) is 2.83. The van der Waals surface area contributed by atoms with Crippen molar-refractivity contribution in [2.75, 3.05) is 5.73 Å². The third-order valence-corrected chi connectivity index (χ3v) is 4.84. The van der Waals surface area contributed by atoms with Crippen molar-refractivity contribution in [1.82, 2.24) is 0 Å². The summed E-state index contributed by atoms with van der Waals surface area (Å²) in [6, 6.07) is 7.50. The van der Waals surface area contributed by atoms with Crippen molar-refractivity contribution in [3.05, 3.63) is 57.6 Å². The van der Waals surface area contributed by atoms with Crippen LogP contribution in [0.1, 0.15) is 11.1 Å². The lowest BCUT2D eigenvalue weighted by molar-refractivity contribution is 0.560. The lowest BCUT2D eigenvalue weighted by Crippen LogP contribution is -2.05. The van der Waals surface area contributed by atoms with E-state index >= 15 is 0 Å². The lowest BCUT2D eigenvalue weighted by atomic mass is 10.2. The Bertz CT molecular complexity index is 691. The fourth-order valence-electron chi connectivity index (χ4n) is 1.75. The largest absolute Gasteiger partial charge is 0.398 e. The van der Waals surface area contributed by atoms with Gasteiger partial charge in [-0.3, -0.25) is 4.21 Å². The van der Waals surface area contributed by atoms with Gasteiger partial charge >= 0.3 is 0 Å². The summed E-state index contributed by atoms with van der Waals surface area (Å²) < 4.78 is 40.0. The van der Waals surface area contributed by atoms with E-state index in [1.165, 1.54) is 6.07 Å². The van der Waals surface area contributed by atoms with E-state index in [4.69, 9.17) is 5.73 Å². The average Bonchev–Trinajstić information content (AvgIpc) is 2.41. The number of hydrogen-bond acceptors (Lipinski definition) is 2. The average molecular weight is 360 g/mol. The van der Waals surface area contributed by atoms with Crippen LogP contribution in [0.5, 0.6) is 0 Å². The van der Waals surface area contributed by atoms with Gasteiger partial charge in [-0.1, -0.05) is 6.07 Å². The molecule has 0 aromatic heterocycles. The van der Waals surface area contributed by atoms with E-state index in [0.717, 1.165) is 11.6 Å². The number of hydrogen-bond donors (Lipinski definition) is 1. The van der Waals surface area contributed by atoms with Crippen molar-refractivity contribution in [3.8, 4) is 0 Å². The summed E-state index contributed by atoms with van der Waals surface area (Å²) in [7, 11) is -1.61. The van der Waals surface area contributed by atoms with Gasteiger partial charge in [-0.2, -0.15) is 0 Å². The summed E-state index contributed by atoms with van der Waals surface area (Å²) in [5.74, 6) is -1.71. The number of benzene rings is 2. The zero-order valence-corrected chi connectivity index (χ0v) is 13.0. The second kappa shape index (κ2) is 6.01. The van der Waals surface area contributed by atoms with E-state index in [9.17, 15) is 13.0 Å². The first-order chi connectivity index (χ1) is 9.40. The highest BCUT2D eigenvalue weighted by atomic mass is 79.9. The lowest BCUT2D eigenvalue weighted by Gasteiger charge is -2.09. The molecule has 2 nitrogen and oxygen atoms in total. The summed E-state index contributed by atoms with van der Waals surface area (Å²) in [5.41, 5.74) is 6.79. The van der Waals surface area contributed by atoms with Gasteiger partial charge in [0.15, 0.2) is 0 Å². The minimum Gasteiger partial charge on any atom is -0.398 e. The first kappa shape index (κ1) is 15.1. The van der Waals surface area contributed by atoms with Crippen LogP contribution in [-0.4, -0.2) is 4.21 Å². The summed E-state index contributed by atoms with van der Waals surface area (Å²) in [4.78, 5) is 0.392. The molecule has 106 valence electrons. The number of halogens is 3. The van der Waals surface area contributed by atoms with Crippen LogP contribution in [-0.2, 0) is 16.6 Å². The maximum Gasteiger partial charge on any atom is 0.144 e. The molecule has 0 aliphatic carbocycles. The molecule has 1 unspecified atom stereocenters. The van der Waals surface area contributed by atoms with Gasteiger partial charge in [0.1, 0.15) is 11.6 Å². The fourth-order valence-corrected chi connectivity index (χ4v) is 3.45. The molecule has 2 N–H and O–H groups in total. The van der Waals surface area contributed by atoms with Gasteiger partial charge in [0.25, 0.3) is 0 Å². The highest BCUT2D eigenvalue weighted by molar-refractivity contribution is 9.10. The highest BCUT2D eigenvalue weighted by Gasteiger charge is 2.17. The third kappa shape index (κ3) is 3.07. The van der Waals surface area contributed by atoms with Crippen molar-refractivity contribution in [3.63, 3.8) is 0 Å². The van der Waals surface area contributed by atoms with Gasteiger partial charge in [0.05, 0.1) is 25.9 Å². The van der Waals surface area contributed by atoms with Crippen molar-refractivity contribution in [2.24, 2.45) is 0 Å². The zero-order valence-electron chi connectivity index (χ0n) is 10.6. The normalized spacial score (nSPS) is 12.4. The van der Waals surface area contributed by atoms with E-state index < -0.39 is 22.4 Å². The van der Waals surface area contributed by atoms with Crippen molar-refractivity contribution < 1.29 is 13.0 Å². The second-order valence-corrected chi connectivity index (χ2v) is 6.63. The molecule has 0 saturated heterocycles. The Hall–Kier alpha value is -1.27. The Kier molecular flexibility index (Phi) is 4.55. The Labute approximate surface area is 126 Å². The van der Waals surface area contributed by atoms with Gasteiger partial charge in [-0.05, 0) is 52.7 Å². The van der Waals surface area contributed by atoms with E-state index in [0.29, 0.717) is 10.6 Å². The molecule has 1 atom stereocenters. The molecule has 0 radical (unpaired) electrons. The minimum absolute atomic E-state index is 0.142. The second-order valence-electron chi connectivity index (χ2n) is 4.35. The van der Waals surface area contributed by atoms with Gasteiger partial charge in [-0.15, -0.1) is 0 Å². The fraction of sp³-hybridized carbons (Fsp3) is 0.143. The molecule has 0 bridgehead atoms. The van der Waals surface area contributed by atoms with Crippen molar-refractivity contribution >= 4 is 32.4 Å². The van der Waals surface area contributed by atoms with Crippen LogP contribution in [0.4, 0.5) is 14.5 Å². The summed E-state index contributed by atoms with van der Waals surface area (Å²) in [6.07, 6.45) is 0. The molecule has 0 spiro atoms. The Morgan fingerprint density at radius 2 is 1.95 bits per heavy atom. The van der Waals surface area contributed by atoms with E-state index in [2.05, 4.69) is 15.9 Å². The van der Waals surface area contributed by atoms with Gasteiger partial charge in [0, 0.05) is 11.3 Å². The van der Waals surface area contributed by atoms with Gasteiger partial charge < -0.3 is 5.73 Å². The number of nitrogens with two attached hydrogens (primary N) is 1. The summed E-state index contributed by atoms with van der Waals surface area (Å²) in [6.45, 7) is 1.83. The molecule has 20 heavy (non-hydrogen) atoms. The standard InChI is InChI=1S/C14H12BrF2NOS/c1-8-2-5-12(18)13(6-8)20(19)7-9-11(16)4-3-10(15)14(9)17/h2-6H,7,18H2,1H3. The Morgan fingerprint density at radius 1 is 1.25 bits per heavy atom. The van der Waals surface area contributed by atoms with Crippen LogP contribution >= 0.6 is 15.9 Å². The van der Waals surface area contributed by atoms with Crippen LogP contribution in [0.25, 0.3) is 0 Å². The smallest absolute Gasteiger partial charge is 0.144 e. The predicted octanol–water partition coefficient (Wildman–Crippen LogP) is 3.93. The quantitative estimate of drug-likeness (QED) is 0.666. The minimum atomic E-state index is -1.61. The topological polar surface area (TPSA) is 43.1 Å².